The Bertz CT molecular complexity index is 1160. The molecular formula is C23H20Cl2N4. The van der Waals surface area contributed by atoms with Crippen LogP contribution in [0.3, 0.4) is 0 Å². The van der Waals surface area contributed by atoms with Gasteiger partial charge in [-0.25, -0.2) is 0 Å². The van der Waals surface area contributed by atoms with Gasteiger partial charge in [0.25, 0.3) is 0 Å². The number of anilines is 2. The van der Waals surface area contributed by atoms with Crippen molar-refractivity contribution in [2.45, 2.75) is 19.9 Å². The molecule has 0 fully saturated rings. The zero-order valence-electron chi connectivity index (χ0n) is 16.1. The number of fused-ring (bicyclic) bond motifs is 1. The van der Waals surface area contributed by atoms with Gasteiger partial charge in [-0.15, -0.1) is 0 Å². The molecule has 0 bridgehead atoms. The van der Waals surface area contributed by atoms with E-state index in [1.807, 2.05) is 60.8 Å². The Hall–Kier alpha value is -2.82. The minimum atomic E-state index is 0.152. The smallest absolute Gasteiger partial charge is 0.0892 e. The van der Waals surface area contributed by atoms with Gasteiger partial charge in [0, 0.05) is 39.9 Å². The van der Waals surface area contributed by atoms with Crippen molar-refractivity contribution in [1.82, 2.24) is 9.55 Å². The molecule has 4 nitrogen and oxygen atoms in total. The first kappa shape index (κ1) is 19.5. The lowest BCUT2D eigenvalue weighted by atomic mass is 10.1. The van der Waals surface area contributed by atoms with Crippen molar-refractivity contribution < 1.29 is 0 Å². The zero-order chi connectivity index (χ0) is 20.4. The van der Waals surface area contributed by atoms with Gasteiger partial charge in [-0.1, -0.05) is 23.2 Å². The first-order valence-corrected chi connectivity index (χ1v) is 10.1. The van der Waals surface area contributed by atoms with Crippen molar-refractivity contribution in [2.75, 3.05) is 5.32 Å². The van der Waals surface area contributed by atoms with Gasteiger partial charge >= 0.3 is 0 Å². The van der Waals surface area contributed by atoms with Crippen LogP contribution in [0.5, 0.6) is 0 Å². The third-order valence-electron chi connectivity index (χ3n) is 4.41. The molecule has 0 atom stereocenters. The number of nitrogens with zero attached hydrogens (tertiary/aromatic N) is 3. The highest BCUT2D eigenvalue weighted by Crippen LogP contribution is 2.26. The Morgan fingerprint density at radius 3 is 2.24 bits per heavy atom. The number of nitrogens with one attached hydrogen (secondary N) is 1. The van der Waals surface area contributed by atoms with Crippen LogP contribution < -0.4 is 10.7 Å². The van der Waals surface area contributed by atoms with E-state index in [-0.39, 0.29) is 6.04 Å². The molecule has 1 aliphatic carbocycles. The Kier molecular flexibility index (Phi) is 5.56. The van der Waals surface area contributed by atoms with Crippen LogP contribution in [-0.2, 0) is 0 Å². The van der Waals surface area contributed by atoms with E-state index in [0.29, 0.717) is 10.0 Å². The number of hydrogen-bond donors (Lipinski definition) is 1. The van der Waals surface area contributed by atoms with Gasteiger partial charge in [0.15, 0.2) is 0 Å². The van der Waals surface area contributed by atoms with Crippen LogP contribution in [-0.4, -0.2) is 15.6 Å². The summed E-state index contributed by atoms with van der Waals surface area (Å²) in [5, 5.41) is 5.73. The Morgan fingerprint density at radius 2 is 1.59 bits per heavy atom. The summed E-state index contributed by atoms with van der Waals surface area (Å²) in [7, 11) is 0. The summed E-state index contributed by atoms with van der Waals surface area (Å²) in [6.45, 7) is 4.12. The fourth-order valence-corrected chi connectivity index (χ4v) is 3.38. The molecule has 2 aromatic rings. The van der Waals surface area contributed by atoms with E-state index in [2.05, 4.69) is 34.8 Å². The molecule has 2 aromatic carbocycles. The van der Waals surface area contributed by atoms with Crippen LogP contribution in [0.4, 0.5) is 11.4 Å². The van der Waals surface area contributed by atoms with Gasteiger partial charge in [-0.3, -0.25) is 9.98 Å². The summed E-state index contributed by atoms with van der Waals surface area (Å²) in [6, 6.07) is 19.6. The fraction of sp³-hybridized carbons (Fsp3) is 0.130. The van der Waals surface area contributed by atoms with Crippen molar-refractivity contribution >= 4 is 34.6 Å². The summed E-state index contributed by atoms with van der Waals surface area (Å²) in [5.74, 6) is 0. The van der Waals surface area contributed by atoms with E-state index in [1.165, 1.54) is 0 Å². The van der Waals surface area contributed by atoms with Crippen LogP contribution in [0.25, 0.3) is 17.1 Å². The maximum absolute atomic E-state index is 6.05. The lowest BCUT2D eigenvalue weighted by molar-refractivity contribution is 0.805. The lowest BCUT2D eigenvalue weighted by Gasteiger charge is -2.17. The van der Waals surface area contributed by atoms with E-state index in [4.69, 9.17) is 28.2 Å². The zero-order valence-corrected chi connectivity index (χ0v) is 17.6. The second-order valence-corrected chi connectivity index (χ2v) is 7.86. The average Bonchev–Trinajstić information content (AvgIpc) is 2.70. The van der Waals surface area contributed by atoms with Gasteiger partial charge in [0.2, 0.25) is 0 Å². The molecule has 0 amide bonds. The van der Waals surface area contributed by atoms with Gasteiger partial charge in [0.1, 0.15) is 0 Å². The number of benzene rings is 3. The maximum Gasteiger partial charge on any atom is 0.0892 e. The van der Waals surface area contributed by atoms with Gasteiger partial charge < -0.3 is 9.88 Å². The third-order valence-corrected chi connectivity index (χ3v) is 4.91. The van der Waals surface area contributed by atoms with Crippen LogP contribution in [0.2, 0.25) is 10.0 Å². The molecule has 29 heavy (non-hydrogen) atoms. The summed E-state index contributed by atoms with van der Waals surface area (Å²) < 4.78 is 2.09. The average molecular weight is 423 g/mol. The Balaban J connectivity index is 1.87. The topological polar surface area (TPSA) is 42.2 Å². The first-order valence-electron chi connectivity index (χ1n) is 9.33. The molecule has 0 aromatic heterocycles. The van der Waals surface area contributed by atoms with E-state index >= 15 is 0 Å². The standard InChI is InChI=1S/C23H20Cl2N4/c1-15(2)27-21-14-23-22(13-20(21)28-18-7-3-16(24)4-8-18)26-11-12-29(23)19-9-5-17(25)6-10-19/h3-15,28H,1-2H3. The van der Waals surface area contributed by atoms with Crippen molar-refractivity contribution in [3.8, 4) is 17.1 Å². The van der Waals surface area contributed by atoms with E-state index in [9.17, 15) is 0 Å². The molecule has 0 unspecified atom stereocenters. The quantitative estimate of drug-likeness (QED) is 0.416. The predicted molar refractivity (Wildman–Crippen MR) is 121 cm³/mol. The minimum absolute atomic E-state index is 0.152. The monoisotopic (exact) mass is 422 g/mol. The summed E-state index contributed by atoms with van der Waals surface area (Å²) in [6.07, 6.45) is 3.74. The molecule has 0 spiro atoms. The molecule has 1 aliphatic heterocycles. The van der Waals surface area contributed by atoms with E-state index in [0.717, 1.165) is 33.8 Å². The molecule has 1 heterocycles. The van der Waals surface area contributed by atoms with Crippen molar-refractivity contribution in [3.05, 3.63) is 88.5 Å². The molecule has 146 valence electrons. The molecule has 4 rings (SSSR count). The highest BCUT2D eigenvalue weighted by atomic mass is 35.5. The molecule has 6 heteroatoms. The van der Waals surface area contributed by atoms with Crippen molar-refractivity contribution in [3.63, 3.8) is 0 Å². The van der Waals surface area contributed by atoms with Crippen molar-refractivity contribution in [2.24, 2.45) is 4.99 Å². The summed E-state index contributed by atoms with van der Waals surface area (Å²) >= 11 is 12.1. The second kappa shape index (κ2) is 8.27. The van der Waals surface area contributed by atoms with Crippen LogP contribution >= 0.6 is 23.2 Å². The molecule has 0 radical (unpaired) electrons. The van der Waals surface area contributed by atoms with Crippen LogP contribution in [0, 0.1) is 0 Å². The fourth-order valence-electron chi connectivity index (χ4n) is 3.12. The second-order valence-electron chi connectivity index (χ2n) is 6.99. The number of rotatable bonds is 4. The van der Waals surface area contributed by atoms with Gasteiger partial charge in [-0.05, 0) is 74.5 Å². The summed E-state index contributed by atoms with van der Waals surface area (Å²) in [4.78, 5) is 9.39. The third kappa shape index (κ3) is 4.44. The molecule has 0 saturated heterocycles. The highest BCUT2D eigenvalue weighted by molar-refractivity contribution is 6.30. The van der Waals surface area contributed by atoms with Gasteiger partial charge in [-0.2, -0.15) is 0 Å². The molecule has 2 aliphatic rings. The van der Waals surface area contributed by atoms with Crippen molar-refractivity contribution in [1.29, 1.82) is 0 Å². The summed E-state index contributed by atoms with van der Waals surface area (Å²) in [5.41, 5.74) is 4.68. The molecule has 0 saturated carbocycles. The largest absolute Gasteiger partial charge is 0.354 e. The normalized spacial score (nSPS) is 12.0. The Labute approximate surface area is 179 Å². The SMILES string of the molecule is CC(C)N=c1cc2n(-c3ccc(Cl)cc3)ccnc-2cc1Nc1ccc(Cl)cc1. The number of hydrogen-bond acceptors (Lipinski definition) is 3. The molecule has 1 N–H and O–H groups in total. The van der Waals surface area contributed by atoms with Gasteiger partial charge in [0.05, 0.1) is 22.4 Å². The lowest BCUT2D eigenvalue weighted by Crippen LogP contribution is -2.15. The predicted octanol–water partition coefficient (Wildman–Crippen LogP) is 6.34. The highest BCUT2D eigenvalue weighted by Gasteiger charge is 2.13. The van der Waals surface area contributed by atoms with Crippen LogP contribution in [0.15, 0.2) is 78.0 Å². The first-order chi connectivity index (χ1) is 14.0. The van der Waals surface area contributed by atoms with Crippen LogP contribution in [0.1, 0.15) is 13.8 Å². The minimum Gasteiger partial charge on any atom is -0.354 e. The number of halogens is 2. The Morgan fingerprint density at radius 1 is 0.931 bits per heavy atom. The van der Waals surface area contributed by atoms with E-state index < -0.39 is 0 Å². The number of aromatic nitrogens is 2. The maximum atomic E-state index is 6.05. The molecular weight excluding hydrogens is 403 g/mol. The van der Waals surface area contributed by atoms with E-state index in [1.54, 1.807) is 6.20 Å².